The molecule has 1 fully saturated rings. The highest BCUT2D eigenvalue weighted by Gasteiger charge is 2.24. The minimum Gasteiger partial charge on any atom is -0.338 e. The fraction of sp³-hybridized carbons (Fsp3) is 0.733. The maximum Gasteiger partial charge on any atom is 0.225 e. The number of hydrogen-bond donors (Lipinski definition) is 1. The summed E-state index contributed by atoms with van der Waals surface area (Å²) in [6.45, 7) is 6.07. The average molecular weight is 262 g/mol. The molecule has 4 heteroatoms. The smallest absolute Gasteiger partial charge is 0.225 e. The molecule has 0 aliphatic heterocycles. The molecular formula is C15H26N4. The summed E-state index contributed by atoms with van der Waals surface area (Å²) in [5, 5.41) is 0. The van der Waals surface area contributed by atoms with Gasteiger partial charge in [-0.2, -0.15) is 0 Å². The van der Waals surface area contributed by atoms with E-state index in [4.69, 9.17) is 5.73 Å². The highest BCUT2D eigenvalue weighted by molar-refractivity contribution is 5.32. The first kappa shape index (κ1) is 14.3. The van der Waals surface area contributed by atoms with Crippen molar-refractivity contribution < 1.29 is 0 Å². The standard InChI is InChI=1S/C15H26N4/c1-12(2)8-10-19(14-5-3-4-6-14)15-17-9-7-13(11-16)18-15/h7,9,12,14H,3-6,8,10-11,16H2,1-2H3. The van der Waals surface area contributed by atoms with Gasteiger partial charge in [-0.15, -0.1) is 0 Å². The van der Waals surface area contributed by atoms with Crippen molar-refractivity contribution in [2.75, 3.05) is 11.4 Å². The van der Waals surface area contributed by atoms with E-state index in [0.29, 0.717) is 18.5 Å². The van der Waals surface area contributed by atoms with Gasteiger partial charge in [-0.05, 0) is 31.2 Å². The van der Waals surface area contributed by atoms with Crippen LogP contribution in [0.4, 0.5) is 5.95 Å². The Bertz CT molecular complexity index is 385. The predicted molar refractivity (Wildman–Crippen MR) is 79.0 cm³/mol. The van der Waals surface area contributed by atoms with Crippen LogP contribution in [-0.4, -0.2) is 22.6 Å². The number of hydrogen-bond acceptors (Lipinski definition) is 4. The van der Waals surface area contributed by atoms with Crippen LogP contribution in [0.15, 0.2) is 12.3 Å². The van der Waals surface area contributed by atoms with E-state index in [9.17, 15) is 0 Å². The lowest BCUT2D eigenvalue weighted by atomic mass is 10.1. The molecule has 2 N–H and O–H groups in total. The van der Waals surface area contributed by atoms with E-state index in [2.05, 4.69) is 28.7 Å². The molecule has 0 atom stereocenters. The maximum absolute atomic E-state index is 5.69. The van der Waals surface area contributed by atoms with Crippen molar-refractivity contribution in [1.82, 2.24) is 9.97 Å². The van der Waals surface area contributed by atoms with Gasteiger partial charge in [0.15, 0.2) is 0 Å². The first-order valence-electron chi connectivity index (χ1n) is 7.49. The third-order valence-electron chi connectivity index (χ3n) is 3.88. The molecule has 19 heavy (non-hydrogen) atoms. The molecule has 0 aromatic carbocycles. The Hall–Kier alpha value is -1.16. The summed E-state index contributed by atoms with van der Waals surface area (Å²) in [5.74, 6) is 1.58. The quantitative estimate of drug-likeness (QED) is 0.856. The van der Waals surface area contributed by atoms with E-state index in [1.165, 1.54) is 32.1 Å². The molecule has 0 radical (unpaired) electrons. The zero-order chi connectivity index (χ0) is 13.7. The topological polar surface area (TPSA) is 55.0 Å². The molecule has 0 bridgehead atoms. The van der Waals surface area contributed by atoms with E-state index in [1.807, 2.05) is 12.3 Å². The van der Waals surface area contributed by atoms with Crippen LogP contribution in [0.1, 0.15) is 51.6 Å². The molecule has 1 saturated carbocycles. The summed E-state index contributed by atoms with van der Waals surface area (Å²) in [5.41, 5.74) is 6.61. The first-order valence-corrected chi connectivity index (χ1v) is 7.49. The van der Waals surface area contributed by atoms with Crippen LogP contribution in [0.25, 0.3) is 0 Å². The van der Waals surface area contributed by atoms with E-state index in [0.717, 1.165) is 18.2 Å². The summed E-state index contributed by atoms with van der Waals surface area (Å²) in [4.78, 5) is 11.5. The number of nitrogens with two attached hydrogens (primary N) is 1. The number of anilines is 1. The molecule has 1 aromatic heterocycles. The average Bonchev–Trinajstić information content (AvgIpc) is 2.93. The minimum atomic E-state index is 0.484. The second-order valence-electron chi connectivity index (χ2n) is 5.87. The van der Waals surface area contributed by atoms with Crippen molar-refractivity contribution in [1.29, 1.82) is 0 Å². The monoisotopic (exact) mass is 262 g/mol. The Morgan fingerprint density at radius 2 is 2.11 bits per heavy atom. The Morgan fingerprint density at radius 3 is 2.74 bits per heavy atom. The van der Waals surface area contributed by atoms with Crippen molar-refractivity contribution in [2.24, 2.45) is 11.7 Å². The lowest BCUT2D eigenvalue weighted by Crippen LogP contribution is -2.36. The molecule has 1 aliphatic carbocycles. The lowest BCUT2D eigenvalue weighted by molar-refractivity contribution is 0.520. The molecule has 1 heterocycles. The van der Waals surface area contributed by atoms with Gasteiger partial charge in [0.1, 0.15) is 0 Å². The minimum absolute atomic E-state index is 0.484. The third kappa shape index (κ3) is 3.90. The number of nitrogens with zero attached hydrogens (tertiary/aromatic N) is 3. The molecule has 0 amide bonds. The van der Waals surface area contributed by atoms with E-state index >= 15 is 0 Å². The van der Waals surface area contributed by atoms with Crippen LogP contribution >= 0.6 is 0 Å². The highest BCUT2D eigenvalue weighted by Crippen LogP contribution is 2.26. The zero-order valence-corrected chi connectivity index (χ0v) is 12.2. The van der Waals surface area contributed by atoms with Crippen molar-refractivity contribution in [3.63, 3.8) is 0 Å². The van der Waals surface area contributed by atoms with Gasteiger partial charge in [-0.3, -0.25) is 0 Å². The van der Waals surface area contributed by atoms with E-state index in [-0.39, 0.29) is 0 Å². The summed E-state index contributed by atoms with van der Waals surface area (Å²) in [7, 11) is 0. The Morgan fingerprint density at radius 1 is 1.37 bits per heavy atom. The van der Waals surface area contributed by atoms with Gasteiger partial charge in [-0.1, -0.05) is 26.7 Å². The van der Waals surface area contributed by atoms with Gasteiger partial charge in [0.05, 0.1) is 5.69 Å². The second kappa shape index (κ2) is 6.85. The second-order valence-corrected chi connectivity index (χ2v) is 5.87. The van der Waals surface area contributed by atoms with Crippen LogP contribution < -0.4 is 10.6 Å². The first-order chi connectivity index (χ1) is 9.20. The van der Waals surface area contributed by atoms with Crippen LogP contribution in [0.2, 0.25) is 0 Å². The summed E-state index contributed by atoms with van der Waals surface area (Å²) in [6.07, 6.45) is 8.23. The normalized spacial score (nSPS) is 16.2. The molecule has 1 aromatic rings. The van der Waals surface area contributed by atoms with Crippen molar-refractivity contribution in [3.05, 3.63) is 18.0 Å². The van der Waals surface area contributed by atoms with Gasteiger partial charge >= 0.3 is 0 Å². The summed E-state index contributed by atoms with van der Waals surface area (Å²) < 4.78 is 0. The molecule has 2 rings (SSSR count). The Labute approximate surface area is 116 Å². The molecular weight excluding hydrogens is 236 g/mol. The molecule has 0 spiro atoms. The Kier molecular flexibility index (Phi) is 5.14. The van der Waals surface area contributed by atoms with Crippen LogP contribution in [0, 0.1) is 5.92 Å². The van der Waals surface area contributed by atoms with Gasteiger partial charge < -0.3 is 10.6 Å². The van der Waals surface area contributed by atoms with Crippen LogP contribution in [0.5, 0.6) is 0 Å². The zero-order valence-electron chi connectivity index (χ0n) is 12.2. The number of aromatic nitrogens is 2. The largest absolute Gasteiger partial charge is 0.338 e. The van der Waals surface area contributed by atoms with Crippen molar-refractivity contribution in [3.8, 4) is 0 Å². The van der Waals surface area contributed by atoms with Gasteiger partial charge in [0, 0.05) is 25.3 Å². The lowest BCUT2D eigenvalue weighted by Gasteiger charge is -2.29. The van der Waals surface area contributed by atoms with E-state index < -0.39 is 0 Å². The molecule has 106 valence electrons. The summed E-state index contributed by atoms with van der Waals surface area (Å²) >= 11 is 0. The molecule has 1 aliphatic rings. The van der Waals surface area contributed by atoms with Crippen molar-refractivity contribution in [2.45, 2.75) is 58.5 Å². The summed E-state index contributed by atoms with van der Waals surface area (Å²) in [6, 6.07) is 2.52. The molecule has 0 unspecified atom stereocenters. The van der Waals surface area contributed by atoms with E-state index in [1.54, 1.807) is 0 Å². The SMILES string of the molecule is CC(C)CCN(c1nccc(CN)n1)C1CCCC1. The fourth-order valence-corrected chi connectivity index (χ4v) is 2.70. The predicted octanol–water partition coefficient (Wildman–Crippen LogP) is 2.73. The van der Waals surface area contributed by atoms with Gasteiger partial charge in [-0.25, -0.2) is 9.97 Å². The number of rotatable bonds is 6. The molecule has 0 saturated heterocycles. The highest BCUT2D eigenvalue weighted by atomic mass is 15.3. The van der Waals surface area contributed by atoms with Crippen LogP contribution in [-0.2, 0) is 6.54 Å². The van der Waals surface area contributed by atoms with Gasteiger partial charge in [0.25, 0.3) is 0 Å². The molecule has 4 nitrogen and oxygen atoms in total. The van der Waals surface area contributed by atoms with Crippen LogP contribution in [0.3, 0.4) is 0 Å². The third-order valence-corrected chi connectivity index (χ3v) is 3.88. The maximum atomic E-state index is 5.69. The fourth-order valence-electron chi connectivity index (χ4n) is 2.70. The van der Waals surface area contributed by atoms with Crippen molar-refractivity contribution >= 4 is 5.95 Å². The Balaban J connectivity index is 2.14. The van der Waals surface area contributed by atoms with Gasteiger partial charge in [0.2, 0.25) is 5.95 Å².